The summed E-state index contributed by atoms with van der Waals surface area (Å²) >= 11 is 0. The van der Waals surface area contributed by atoms with Crippen LogP contribution in [0.25, 0.3) is 0 Å². The fourth-order valence-corrected chi connectivity index (χ4v) is 3.07. The minimum atomic E-state index is -0.0537. The van der Waals surface area contributed by atoms with Gasteiger partial charge in [-0.25, -0.2) is 10.8 Å². The predicted molar refractivity (Wildman–Crippen MR) is 99.5 cm³/mol. The first-order chi connectivity index (χ1) is 12.1. The molecular weight excluding hydrogens is 318 g/mol. The average Bonchev–Trinajstić information content (AvgIpc) is 3.00. The number of allylic oxidation sites excluding steroid dienone is 1. The number of aromatic amines is 1. The Labute approximate surface area is 148 Å². The first-order valence-corrected chi connectivity index (χ1v) is 8.84. The molecular formula is C17H29N7O. The van der Waals surface area contributed by atoms with Crippen LogP contribution in [0.2, 0.25) is 0 Å². The molecule has 1 amide bonds. The number of hydrogen-bond acceptors (Lipinski definition) is 6. The summed E-state index contributed by atoms with van der Waals surface area (Å²) in [4.78, 5) is 23.0. The first-order valence-electron chi connectivity index (χ1n) is 8.84. The monoisotopic (exact) mass is 347 g/mol. The van der Waals surface area contributed by atoms with Crippen LogP contribution >= 0.6 is 0 Å². The molecule has 0 bridgehead atoms. The molecule has 2 rings (SSSR count). The van der Waals surface area contributed by atoms with E-state index in [2.05, 4.69) is 27.0 Å². The Morgan fingerprint density at radius 3 is 2.88 bits per heavy atom. The SMILES string of the molecule is C=N/C(=C\N(N)CC(=O)NC1CCCCC1)CCCc1cnc(N)[nH]1. The number of aryl methyl sites for hydroxylation is 1. The maximum atomic E-state index is 12.1. The number of H-pyrrole nitrogens is 1. The van der Waals surface area contributed by atoms with Crippen LogP contribution in [0.4, 0.5) is 5.95 Å². The maximum Gasteiger partial charge on any atom is 0.241 e. The molecule has 0 aromatic carbocycles. The largest absolute Gasteiger partial charge is 0.369 e. The zero-order valence-electron chi connectivity index (χ0n) is 14.7. The van der Waals surface area contributed by atoms with E-state index < -0.39 is 0 Å². The Hall–Kier alpha value is -2.35. The van der Waals surface area contributed by atoms with Gasteiger partial charge in [-0.1, -0.05) is 19.3 Å². The van der Waals surface area contributed by atoms with Crippen LogP contribution in [0.3, 0.4) is 0 Å². The third-order valence-electron chi connectivity index (χ3n) is 4.34. The lowest BCUT2D eigenvalue weighted by atomic mass is 9.95. The van der Waals surface area contributed by atoms with Gasteiger partial charge in [0.25, 0.3) is 0 Å². The van der Waals surface area contributed by atoms with Crippen molar-refractivity contribution in [3.63, 3.8) is 0 Å². The van der Waals surface area contributed by atoms with Gasteiger partial charge < -0.3 is 21.0 Å². The topological polar surface area (TPSA) is 125 Å². The van der Waals surface area contributed by atoms with Gasteiger partial charge in [0.15, 0.2) is 5.95 Å². The minimum absolute atomic E-state index is 0.0537. The summed E-state index contributed by atoms with van der Waals surface area (Å²) < 4.78 is 0. The van der Waals surface area contributed by atoms with Crippen molar-refractivity contribution in [3.05, 3.63) is 23.8 Å². The highest BCUT2D eigenvalue weighted by Crippen LogP contribution is 2.17. The second-order valence-corrected chi connectivity index (χ2v) is 6.50. The molecule has 0 saturated heterocycles. The molecule has 0 radical (unpaired) electrons. The molecule has 1 fully saturated rings. The molecule has 0 aliphatic heterocycles. The van der Waals surface area contributed by atoms with Gasteiger partial charge in [-0.2, -0.15) is 0 Å². The normalized spacial score (nSPS) is 15.8. The Balaban J connectivity index is 1.73. The molecule has 0 unspecified atom stereocenters. The van der Waals surface area contributed by atoms with E-state index in [0.29, 0.717) is 12.4 Å². The van der Waals surface area contributed by atoms with Gasteiger partial charge in [0, 0.05) is 17.9 Å². The summed E-state index contributed by atoms with van der Waals surface area (Å²) in [6, 6.07) is 0.289. The van der Waals surface area contributed by atoms with E-state index in [9.17, 15) is 4.79 Å². The predicted octanol–water partition coefficient (Wildman–Crippen LogP) is 1.48. The van der Waals surface area contributed by atoms with Gasteiger partial charge >= 0.3 is 0 Å². The highest BCUT2D eigenvalue weighted by molar-refractivity contribution is 5.78. The molecule has 1 aliphatic rings. The van der Waals surface area contributed by atoms with E-state index in [0.717, 1.165) is 37.1 Å². The van der Waals surface area contributed by atoms with E-state index >= 15 is 0 Å². The molecule has 0 spiro atoms. The number of hydrogen-bond donors (Lipinski definition) is 4. The number of nitrogens with two attached hydrogens (primary N) is 2. The smallest absolute Gasteiger partial charge is 0.241 e. The van der Waals surface area contributed by atoms with Crippen LogP contribution in [-0.4, -0.2) is 40.2 Å². The highest BCUT2D eigenvalue weighted by Gasteiger charge is 2.16. The number of nitrogens with zero attached hydrogens (tertiary/aromatic N) is 3. The van der Waals surface area contributed by atoms with Crippen molar-refractivity contribution >= 4 is 18.6 Å². The summed E-state index contributed by atoms with van der Waals surface area (Å²) in [5.74, 6) is 6.29. The van der Waals surface area contributed by atoms with Crippen molar-refractivity contribution in [2.45, 2.75) is 57.4 Å². The fourth-order valence-electron chi connectivity index (χ4n) is 3.07. The van der Waals surface area contributed by atoms with Crippen LogP contribution in [0.15, 0.2) is 23.1 Å². The van der Waals surface area contributed by atoms with Gasteiger partial charge in [-0.05, 0) is 38.8 Å². The summed E-state index contributed by atoms with van der Waals surface area (Å²) in [7, 11) is 0. The van der Waals surface area contributed by atoms with E-state index in [1.54, 1.807) is 12.4 Å². The van der Waals surface area contributed by atoms with Crippen molar-refractivity contribution < 1.29 is 4.79 Å². The number of carbonyl (C=O) groups is 1. The number of amides is 1. The zero-order valence-corrected chi connectivity index (χ0v) is 14.7. The second-order valence-electron chi connectivity index (χ2n) is 6.50. The molecule has 8 nitrogen and oxygen atoms in total. The van der Waals surface area contributed by atoms with E-state index in [1.807, 2.05) is 0 Å². The Bertz CT molecular complexity index is 590. The number of imidazole rings is 1. The van der Waals surface area contributed by atoms with Crippen molar-refractivity contribution in [2.75, 3.05) is 12.3 Å². The van der Waals surface area contributed by atoms with Crippen molar-refractivity contribution in [1.82, 2.24) is 20.3 Å². The van der Waals surface area contributed by atoms with Gasteiger partial charge in [0.05, 0.1) is 11.9 Å². The van der Waals surface area contributed by atoms with Gasteiger partial charge in [-0.3, -0.25) is 9.79 Å². The van der Waals surface area contributed by atoms with Gasteiger partial charge in [-0.15, -0.1) is 0 Å². The van der Waals surface area contributed by atoms with Crippen molar-refractivity contribution in [3.8, 4) is 0 Å². The number of anilines is 1. The lowest BCUT2D eigenvalue weighted by Crippen LogP contribution is -2.43. The molecule has 25 heavy (non-hydrogen) atoms. The summed E-state index contributed by atoms with van der Waals surface area (Å²) in [5.41, 5.74) is 7.28. The number of aromatic nitrogens is 2. The van der Waals surface area contributed by atoms with E-state index in [-0.39, 0.29) is 18.5 Å². The molecule has 1 aromatic heterocycles. The molecule has 8 heteroatoms. The maximum absolute atomic E-state index is 12.1. The van der Waals surface area contributed by atoms with E-state index in [4.69, 9.17) is 11.6 Å². The fraction of sp³-hybridized carbons (Fsp3) is 0.588. The van der Waals surface area contributed by atoms with Crippen LogP contribution in [0.5, 0.6) is 0 Å². The summed E-state index contributed by atoms with van der Waals surface area (Å²) in [6.07, 6.45) is 11.5. The standard InChI is InChI=1S/C17H29N7O/c1-20-15(9-5-8-14-10-21-17(18)23-14)11-24(19)12-16(25)22-13-6-3-2-4-7-13/h10-11,13H,1-9,12,19H2,(H,22,25)(H3,18,21,23)/b15-11-. The van der Waals surface area contributed by atoms with Crippen molar-refractivity contribution in [1.29, 1.82) is 0 Å². The molecule has 1 saturated carbocycles. The number of carbonyl (C=O) groups excluding carboxylic acids is 1. The van der Waals surface area contributed by atoms with Gasteiger partial charge in [0.1, 0.15) is 6.54 Å². The van der Waals surface area contributed by atoms with Crippen LogP contribution in [0.1, 0.15) is 50.6 Å². The lowest BCUT2D eigenvalue weighted by molar-refractivity contribution is -0.122. The Morgan fingerprint density at radius 1 is 1.48 bits per heavy atom. The number of nitrogens with one attached hydrogen (secondary N) is 2. The quantitative estimate of drug-likeness (QED) is 0.306. The molecule has 1 aromatic rings. The number of hydrazine groups is 1. The van der Waals surface area contributed by atoms with Crippen LogP contribution in [-0.2, 0) is 11.2 Å². The highest BCUT2D eigenvalue weighted by atomic mass is 16.2. The third kappa shape index (κ3) is 6.96. The molecule has 138 valence electrons. The zero-order chi connectivity index (χ0) is 18.1. The molecule has 0 atom stereocenters. The number of rotatable bonds is 9. The third-order valence-corrected chi connectivity index (χ3v) is 4.34. The van der Waals surface area contributed by atoms with Crippen LogP contribution in [0, 0.1) is 0 Å². The molecule has 6 N–H and O–H groups in total. The lowest BCUT2D eigenvalue weighted by Gasteiger charge is -2.24. The first kappa shape index (κ1) is 19.0. The van der Waals surface area contributed by atoms with E-state index in [1.165, 1.54) is 24.3 Å². The number of aliphatic imine (C=N–C) groups is 1. The minimum Gasteiger partial charge on any atom is -0.369 e. The average molecular weight is 347 g/mol. The van der Waals surface area contributed by atoms with Gasteiger partial charge in [0.2, 0.25) is 5.91 Å². The second kappa shape index (κ2) is 9.83. The molecule has 1 heterocycles. The van der Waals surface area contributed by atoms with Crippen LogP contribution < -0.4 is 16.9 Å². The Morgan fingerprint density at radius 2 is 2.24 bits per heavy atom. The summed E-state index contributed by atoms with van der Waals surface area (Å²) in [6.45, 7) is 3.69. The molecule has 1 aliphatic carbocycles. The summed E-state index contributed by atoms with van der Waals surface area (Å²) in [5, 5.41) is 4.42. The Kier molecular flexibility index (Phi) is 7.46. The van der Waals surface area contributed by atoms with Crippen molar-refractivity contribution in [2.24, 2.45) is 10.8 Å². The number of nitrogen functional groups attached to an aromatic ring is 1.